The summed E-state index contributed by atoms with van der Waals surface area (Å²) in [6.45, 7) is 6.16. The van der Waals surface area contributed by atoms with E-state index in [-0.39, 0.29) is 0 Å². The number of nitrogens with zero attached hydrogens (tertiary/aromatic N) is 6. The van der Waals surface area contributed by atoms with E-state index in [4.69, 9.17) is 15.0 Å². The van der Waals surface area contributed by atoms with E-state index in [1.54, 1.807) is 6.07 Å². The van der Waals surface area contributed by atoms with E-state index >= 15 is 0 Å². The second kappa shape index (κ2) is 16.8. The average Bonchev–Trinajstić information content (AvgIpc) is 3.89. The second-order valence-electron chi connectivity index (χ2n) is 18.1. The minimum atomic E-state index is -4.54. The van der Waals surface area contributed by atoms with Gasteiger partial charge in [0.25, 0.3) is 0 Å². The van der Waals surface area contributed by atoms with Crippen molar-refractivity contribution in [2.75, 3.05) is 0 Å². The van der Waals surface area contributed by atoms with Crippen LogP contribution in [0.5, 0.6) is 0 Å². The number of nitriles is 1. The third-order valence-electron chi connectivity index (χ3n) is 13.4. The number of alkyl halides is 3. The fourth-order valence-electron chi connectivity index (χ4n) is 10.1. The summed E-state index contributed by atoms with van der Waals surface area (Å²) in [5.41, 5.74) is 13.6. The number of benzene rings is 9. The smallest absolute Gasteiger partial charge is 0.309 e. The molecule has 0 radical (unpaired) electrons. The molecule has 340 valence electrons. The van der Waals surface area contributed by atoms with Crippen LogP contribution in [0.1, 0.15) is 27.8 Å². The van der Waals surface area contributed by atoms with Crippen LogP contribution in [0.25, 0.3) is 111 Å². The Labute approximate surface area is 407 Å². The first-order valence-corrected chi connectivity index (χ1v) is 23.3. The molecule has 9 heteroatoms. The van der Waals surface area contributed by atoms with Gasteiger partial charge in [-0.2, -0.15) is 18.4 Å². The van der Waals surface area contributed by atoms with E-state index in [1.165, 1.54) is 6.07 Å². The average molecular weight is 927 g/mol. The summed E-state index contributed by atoms with van der Waals surface area (Å²) in [6, 6.07) is 64.9. The number of hydrogen-bond acceptors (Lipinski definition) is 4. The first-order chi connectivity index (χ1) is 34.5. The molecule has 3 aromatic heterocycles. The lowest BCUT2D eigenvalue weighted by atomic mass is 9.93. The van der Waals surface area contributed by atoms with E-state index in [0.29, 0.717) is 50.6 Å². The van der Waals surface area contributed by atoms with Crippen LogP contribution < -0.4 is 0 Å². The second-order valence-corrected chi connectivity index (χ2v) is 18.1. The third kappa shape index (κ3) is 7.49. The number of halogens is 3. The van der Waals surface area contributed by atoms with Crippen molar-refractivity contribution in [1.29, 1.82) is 5.26 Å². The molecule has 0 saturated carbocycles. The van der Waals surface area contributed by atoms with Crippen LogP contribution in [-0.4, -0.2) is 24.1 Å². The molecule has 0 bridgehead atoms. The highest BCUT2D eigenvalue weighted by molar-refractivity contribution is 6.12. The normalized spacial score (nSPS) is 11.8. The van der Waals surface area contributed by atoms with E-state index < -0.39 is 11.7 Å². The molecular formula is C62H41F3N6. The van der Waals surface area contributed by atoms with Crippen molar-refractivity contribution in [3.05, 3.63) is 222 Å². The van der Waals surface area contributed by atoms with E-state index in [2.05, 4.69) is 91.2 Å². The van der Waals surface area contributed by atoms with Gasteiger partial charge in [0.1, 0.15) is 0 Å². The molecule has 0 N–H and O–H groups in total. The summed E-state index contributed by atoms with van der Waals surface area (Å²) in [5, 5.41) is 13.8. The number of aryl methyl sites for hydroxylation is 3. The molecular weight excluding hydrogens is 886 g/mol. The first-order valence-electron chi connectivity index (χ1n) is 23.3. The monoisotopic (exact) mass is 926 g/mol. The molecule has 0 fully saturated rings. The van der Waals surface area contributed by atoms with E-state index in [9.17, 15) is 18.4 Å². The van der Waals surface area contributed by atoms with Gasteiger partial charge in [-0.15, -0.1) is 0 Å². The van der Waals surface area contributed by atoms with Gasteiger partial charge < -0.3 is 9.13 Å². The molecule has 12 aromatic rings. The molecule has 0 aliphatic rings. The Morgan fingerprint density at radius 2 is 0.817 bits per heavy atom. The summed E-state index contributed by atoms with van der Waals surface area (Å²) in [5.74, 6) is 1.30. The van der Waals surface area contributed by atoms with Crippen LogP contribution in [0.15, 0.2) is 194 Å². The van der Waals surface area contributed by atoms with Crippen LogP contribution >= 0.6 is 0 Å². The largest absolute Gasteiger partial charge is 0.416 e. The minimum Gasteiger partial charge on any atom is -0.309 e. The fourth-order valence-corrected chi connectivity index (χ4v) is 10.1. The van der Waals surface area contributed by atoms with Gasteiger partial charge in [-0.25, -0.2) is 15.0 Å². The van der Waals surface area contributed by atoms with Crippen LogP contribution in [0.3, 0.4) is 0 Å². The molecule has 6 nitrogen and oxygen atoms in total. The van der Waals surface area contributed by atoms with Crippen molar-refractivity contribution < 1.29 is 13.2 Å². The Morgan fingerprint density at radius 3 is 1.32 bits per heavy atom. The Morgan fingerprint density at radius 1 is 0.394 bits per heavy atom. The highest BCUT2D eigenvalue weighted by atomic mass is 19.4. The molecule has 0 amide bonds. The predicted octanol–water partition coefficient (Wildman–Crippen LogP) is 16.2. The highest BCUT2D eigenvalue weighted by Crippen LogP contribution is 2.44. The molecule has 0 aliphatic heterocycles. The van der Waals surface area contributed by atoms with Crippen molar-refractivity contribution in [1.82, 2.24) is 24.1 Å². The number of rotatable bonds is 7. The Kier molecular flexibility index (Phi) is 10.2. The van der Waals surface area contributed by atoms with Crippen molar-refractivity contribution in [3.8, 4) is 73.9 Å². The van der Waals surface area contributed by atoms with E-state index in [1.807, 2.05) is 121 Å². The lowest BCUT2D eigenvalue weighted by molar-refractivity contribution is -0.137. The Hall–Kier alpha value is -9.13. The van der Waals surface area contributed by atoms with Crippen molar-refractivity contribution in [2.45, 2.75) is 26.9 Å². The molecule has 12 rings (SSSR count). The number of fused-ring (bicyclic) bond motifs is 6. The zero-order valence-corrected chi connectivity index (χ0v) is 38.8. The number of hydrogen-bond donors (Lipinski definition) is 0. The van der Waals surface area contributed by atoms with Crippen LogP contribution in [0, 0.1) is 32.1 Å². The van der Waals surface area contributed by atoms with Gasteiger partial charge in [-0.1, -0.05) is 126 Å². The molecule has 0 aliphatic carbocycles. The van der Waals surface area contributed by atoms with Gasteiger partial charge in [0.2, 0.25) is 0 Å². The molecule has 0 atom stereocenters. The van der Waals surface area contributed by atoms with Gasteiger partial charge in [0.05, 0.1) is 50.6 Å². The molecule has 0 saturated heterocycles. The van der Waals surface area contributed by atoms with Crippen LogP contribution in [0.4, 0.5) is 13.2 Å². The zero-order valence-electron chi connectivity index (χ0n) is 38.8. The Bertz CT molecular complexity index is 4030. The lowest BCUT2D eigenvalue weighted by Gasteiger charge is -2.19. The molecule has 3 heterocycles. The third-order valence-corrected chi connectivity index (χ3v) is 13.4. The first kappa shape index (κ1) is 43.2. The standard InChI is InChI=1S/C62H41F3N6/c1-37-18-24-54-48(30-37)49-31-38(2)19-25-55(49)70(54)53-27-21-42(46-17-11-10-16-44(46)36-66)33-47(53)43-22-28-58(71-56-26-20-39(3)32-50(56)51-35-45(62(63,64)65)23-29-57(51)71)52(34-43)61-68-59(40-12-6-4-7-13-40)67-60(69-61)41-14-8-5-9-15-41/h4-35H,1-3H3. The summed E-state index contributed by atoms with van der Waals surface area (Å²) in [4.78, 5) is 15.5. The van der Waals surface area contributed by atoms with E-state index in [0.717, 1.165) is 89.1 Å². The predicted molar refractivity (Wildman–Crippen MR) is 280 cm³/mol. The fraction of sp³-hybridized carbons (Fsp3) is 0.0645. The van der Waals surface area contributed by atoms with Gasteiger partial charge in [-0.3, -0.25) is 0 Å². The summed E-state index contributed by atoms with van der Waals surface area (Å²) < 4.78 is 47.7. The van der Waals surface area contributed by atoms with Crippen LogP contribution in [0.2, 0.25) is 0 Å². The summed E-state index contributed by atoms with van der Waals surface area (Å²) >= 11 is 0. The summed E-state index contributed by atoms with van der Waals surface area (Å²) in [6.07, 6.45) is -4.54. The topological polar surface area (TPSA) is 72.3 Å². The van der Waals surface area contributed by atoms with Gasteiger partial charge >= 0.3 is 6.18 Å². The van der Waals surface area contributed by atoms with Gasteiger partial charge in [-0.05, 0) is 122 Å². The molecule has 9 aromatic carbocycles. The molecule has 0 unspecified atom stereocenters. The molecule has 0 spiro atoms. The van der Waals surface area contributed by atoms with Gasteiger partial charge in [0, 0.05) is 43.8 Å². The maximum atomic E-state index is 14.4. The van der Waals surface area contributed by atoms with Gasteiger partial charge in [0.15, 0.2) is 17.5 Å². The zero-order chi connectivity index (χ0) is 48.5. The van der Waals surface area contributed by atoms with Crippen LogP contribution in [-0.2, 0) is 6.18 Å². The quantitative estimate of drug-likeness (QED) is 0.160. The SMILES string of the molecule is Cc1ccc2c(c1)c1cc(C)ccc1n2-c1ccc(-c2ccccc2C#N)cc1-c1ccc(-n2c3ccc(C)cc3c3cc(C(F)(F)F)ccc32)c(-c2nc(-c3ccccc3)nc(-c3ccccc3)n2)c1. The van der Waals surface area contributed by atoms with Crippen molar-refractivity contribution in [3.63, 3.8) is 0 Å². The highest BCUT2D eigenvalue weighted by Gasteiger charge is 2.32. The maximum Gasteiger partial charge on any atom is 0.416 e. The van der Waals surface area contributed by atoms with Crippen molar-refractivity contribution >= 4 is 43.6 Å². The van der Waals surface area contributed by atoms with Crippen molar-refractivity contribution in [2.24, 2.45) is 0 Å². The Balaban J connectivity index is 1.20. The number of aromatic nitrogens is 5. The molecule has 71 heavy (non-hydrogen) atoms. The minimum absolute atomic E-state index is 0.374. The maximum absolute atomic E-state index is 14.4. The lowest BCUT2D eigenvalue weighted by Crippen LogP contribution is -2.05. The summed E-state index contributed by atoms with van der Waals surface area (Å²) in [7, 11) is 0.